The normalized spacial score (nSPS) is 14.6. The number of sulfonamides is 1. The number of aliphatic hydroxyl groups is 1. The summed E-state index contributed by atoms with van der Waals surface area (Å²) in [6.45, 7) is 3.16. The lowest BCUT2D eigenvalue weighted by Crippen LogP contribution is -2.40. The summed E-state index contributed by atoms with van der Waals surface area (Å²) in [7, 11) is -3.85. The molecule has 0 heterocycles. The molecule has 1 atom stereocenters. The first kappa shape index (κ1) is 15.4. The number of hydrogen-bond donors (Lipinski definition) is 3. The van der Waals surface area contributed by atoms with Gasteiger partial charge in [-0.3, -0.25) is 0 Å². The monoisotopic (exact) mass is 283 g/mol. The molecule has 0 fully saturated rings. The van der Waals surface area contributed by atoms with Crippen molar-refractivity contribution in [3.05, 3.63) is 23.8 Å². The lowest BCUT2D eigenvalue weighted by Gasteiger charge is -2.21. The van der Waals surface area contributed by atoms with Crippen molar-refractivity contribution in [3.8, 4) is 6.07 Å². The Balaban J connectivity index is 3.06. The fourth-order valence-corrected chi connectivity index (χ4v) is 2.62. The average Bonchev–Trinajstić information content (AvgIpc) is 2.36. The van der Waals surface area contributed by atoms with Crippen LogP contribution in [0.1, 0.15) is 25.8 Å². The van der Waals surface area contributed by atoms with Crippen LogP contribution in [0.4, 0.5) is 5.69 Å². The van der Waals surface area contributed by atoms with Crippen LogP contribution in [0.15, 0.2) is 23.1 Å². The molecule has 0 aliphatic heterocycles. The zero-order valence-corrected chi connectivity index (χ0v) is 11.7. The van der Waals surface area contributed by atoms with E-state index < -0.39 is 15.6 Å². The molecular formula is C12H17N3O3S. The first-order chi connectivity index (χ1) is 8.72. The molecule has 1 rings (SSSR count). The first-order valence-corrected chi connectivity index (χ1v) is 7.22. The Morgan fingerprint density at radius 3 is 2.68 bits per heavy atom. The van der Waals surface area contributed by atoms with Gasteiger partial charge in [-0.05, 0) is 31.5 Å². The number of hydrogen-bond acceptors (Lipinski definition) is 5. The molecule has 0 saturated carbocycles. The van der Waals surface area contributed by atoms with Crippen molar-refractivity contribution in [2.45, 2.75) is 30.8 Å². The Bertz CT molecular complexity index is 603. The molecule has 0 spiro atoms. The van der Waals surface area contributed by atoms with Gasteiger partial charge >= 0.3 is 0 Å². The molecule has 0 aliphatic carbocycles. The molecule has 0 radical (unpaired) electrons. The second-order valence-corrected chi connectivity index (χ2v) is 6.28. The van der Waals surface area contributed by atoms with Crippen molar-refractivity contribution in [1.82, 2.24) is 4.72 Å². The van der Waals surface area contributed by atoms with Crippen molar-refractivity contribution in [3.63, 3.8) is 0 Å². The molecule has 7 heteroatoms. The highest BCUT2D eigenvalue weighted by molar-refractivity contribution is 7.89. The molecule has 1 aromatic rings. The molecule has 0 aliphatic rings. The van der Waals surface area contributed by atoms with Gasteiger partial charge in [0, 0.05) is 12.2 Å². The maximum atomic E-state index is 12.1. The SMILES string of the molecule is CCC(C)(O)CNS(=O)(=O)c1ccc(N)cc1C#N. The van der Waals surface area contributed by atoms with E-state index in [9.17, 15) is 13.5 Å². The Morgan fingerprint density at radius 2 is 2.16 bits per heavy atom. The summed E-state index contributed by atoms with van der Waals surface area (Å²) in [6, 6.07) is 5.77. The van der Waals surface area contributed by atoms with Crippen molar-refractivity contribution in [2.75, 3.05) is 12.3 Å². The van der Waals surface area contributed by atoms with Gasteiger partial charge in [-0.2, -0.15) is 5.26 Å². The topological polar surface area (TPSA) is 116 Å². The maximum Gasteiger partial charge on any atom is 0.241 e. The van der Waals surface area contributed by atoms with Gasteiger partial charge in [0.15, 0.2) is 0 Å². The van der Waals surface area contributed by atoms with E-state index in [1.807, 2.05) is 0 Å². The fourth-order valence-electron chi connectivity index (χ4n) is 1.32. The van der Waals surface area contributed by atoms with Crippen LogP contribution < -0.4 is 10.5 Å². The lowest BCUT2D eigenvalue weighted by molar-refractivity contribution is 0.0613. The van der Waals surface area contributed by atoms with E-state index in [1.54, 1.807) is 13.0 Å². The number of anilines is 1. The van der Waals surface area contributed by atoms with Crippen molar-refractivity contribution >= 4 is 15.7 Å². The standard InChI is InChI=1S/C12H17N3O3S/c1-3-12(2,16)8-15-19(17,18)11-5-4-10(14)6-9(11)7-13/h4-6,15-16H,3,8,14H2,1-2H3. The van der Waals surface area contributed by atoms with Crippen LogP contribution in [0.5, 0.6) is 0 Å². The van der Waals surface area contributed by atoms with E-state index in [0.717, 1.165) is 0 Å². The number of benzene rings is 1. The van der Waals surface area contributed by atoms with Crippen molar-refractivity contribution in [1.29, 1.82) is 5.26 Å². The minimum Gasteiger partial charge on any atom is -0.399 e. The van der Waals surface area contributed by atoms with Gasteiger partial charge in [-0.1, -0.05) is 6.92 Å². The molecule has 19 heavy (non-hydrogen) atoms. The summed E-state index contributed by atoms with van der Waals surface area (Å²) in [5.74, 6) is 0. The summed E-state index contributed by atoms with van der Waals surface area (Å²) in [5.41, 5.74) is 4.66. The third kappa shape index (κ3) is 3.92. The van der Waals surface area contributed by atoms with Crippen molar-refractivity contribution < 1.29 is 13.5 Å². The maximum absolute atomic E-state index is 12.1. The molecule has 0 bridgehead atoms. The molecule has 6 nitrogen and oxygen atoms in total. The summed E-state index contributed by atoms with van der Waals surface area (Å²) in [5, 5.41) is 18.7. The van der Waals surface area contributed by atoms with Gasteiger partial charge < -0.3 is 10.8 Å². The number of nitrogen functional groups attached to an aromatic ring is 1. The Kier molecular flexibility index (Phi) is 4.52. The van der Waals surface area contributed by atoms with Gasteiger partial charge in [0.05, 0.1) is 16.1 Å². The highest BCUT2D eigenvalue weighted by atomic mass is 32.2. The average molecular weight is 283 g/mol. The van der Waals surface area contributed by atoms with E-state index in [1.165, 1.54) is 25.1 Å². The largest absolute Gasteiger partial charge is 0.399 e. The van der Waals surface area contributed by atoms with E-state index in [0.29, 0.717) is 12.1 Å². The van der Waals surface area contributed by atoms with Crippen LogP contribution in [-0.2, 0) is 10.0 Å². The van der Waals surface area contributed by atoms with E-state index in [-0.39, 0.29) is 17.0 Å². The second-order valence-electron chi connectivity index (χ2n) is 4.54. The van der Waals surface area contributed by atoms with Crippen LogP contribution >= 0.6 is 0 Å². The van der Waals surface area contributed by atoms with E-state index >= 15 is 0 Å². The predicted octanol–water partition coefficient (Wildman–Crippen LogP) is 0.580. The number of rotatable bonds is 5. The molecule has 4 N–H and O–H groups in total. The number of nitrogens with one attached hydrogen (secondary N) is 1. The minimum atomic E-state index is -3.85. The van der Waals surface area contributed by atoms with E-state index in [2.05, 4.69) is 4.72 Å². The first-order valence-electron chi connectivity index (χ1n) is 5.73. The molecule has 1 aromatic carbocycles. The number of nitrogens with two attached hydrogens (primary N) is 1. The van der Waals surface area contributed by atoms with Gasteiger partial charge in [-0.15, -0.1) is 0 Å². The number of nitrogens with zero attached hydrogens (tertiary/aromatic N) is 1. The van der Waals surface area contributed by atoms with Gasteiger partial charge in [0.2, 0.25) is 10.0 Å². The summed E-state index contributed by atoms with van der Waals surface area (Å²) in [6.07, 6.45) is 0.405. The lowest BCUT2D eigenvalue weighted by atomic mass is 10.1. The summed E-state index contributed by atoms with van der Waals surface area (Å²) in [4.78, 5) is -0.142. The Hall–Kier alpha value is -1.62. The van der Waals surface area contributed by atoms with Gasteiger partial charge in [0.1, 0.15) is 6.07 Å². The summed E-state index contributed by atoms with van der Waals surface area (Å²) < 4.78 is 26.4. The molecule has 0 saturated heterocycles. The smallest absolute Gasteiger partial charge is 0.241 e. The second kappa shape index (κ2) is 5.57. The fraction of sp³-hybridized carbons (Fsp3) is 0.417. The third-order valence-electron chi connectivity index (χ3n) is 2.82. The Labute approximate surface area is 112 Å². The van der Waals surface area contributed by atoms with Crippen LogP contribution in [0.2, 0.25) is 0 Å². The minimum absolute atomic E-state index is 0.0244. The van der Waals surface area contributed by atoms with Crippen LogP contribution in [0.25, 0.3) is 0 Å². The summed E-state index contributed by atoms with van der Waals surface area (Å²) >= 11 is 0. The molecule has 104 valence electrons. The Morgan fingerprint density at radius 1 is 1.53 bits per heavy atom. The van der Waals surface area contributed by atoms with Crippen LogP contribution in [0, 0.1) is 11.3 Å². The highest BCUT2D eigenvalue weighted by Crippen LogP contribution is 2.18. The highest BCUT2D eigenvalue weighted by Gasteiger charge is 2.24. The third-order valence-corrected chi connectivity index (χ3v) is 4.28. The quantitative estimate of drug-likeness (QED) is 0.683. The zero-order chi connectivity index (χ0) is 14.7. The van der Waals surface area contributed by atoms with E-state index in [4.69, 9.17) is 11.0 Å². The van der Waals surface area contributed by atoms with Gasteiger partial charge in [0.25, 0.3) is 0 Å². The molecular weight excluding hydrogens is 266 g/mol. The van der Waals surface area contributed by atoms with Crippen molar-refractivity contribution in [2.24, 2.45) is 0 Å². The predicted molar refractivity (Wildman–Crippen MR) is 71.7 cm³/mol. The zero-order valence-electron chi connectivity index (χ0n) is 10.8. The van der Waals surface area contributed by atoms with Crippen LogP contribution in [0.3, 0.4) is 0 Å². The van der Waals surface area contributed by atoms with Gasteiger partial charge in [-0.25, -0.2) is 13.1 Å². The number of nitriles is 1. The molecule has 0 aromatic heterocycles. The molecule has 1 unspecified atom stereocenters. The molecule has 0 amide bonds. The van der Waals surface area contributed by atoms with Crippen LogP contribution in [-0.4, -0.2) is 25.7 Å².